The number of ether oxygens (including phenoxy) is 1. The zero-order valence-electron chi connectivity index (χ0n) is 26.2. The molecule has 1 heterocycles. The summed E-state index contributed by atoms with van der Waals surface area (Å²) < 4.78 is 12.9. The minimum Gasteiger partial charge on any atom is -0.860 e. The summed E-state index contributed by atoms with van der Waals surface area (Å²) in [4.78, 5) is 2.06. The first-order valence-electron chi connectivity index (χ1n) is 14.6. The van der Waals surface area contributed by atoms with Gasteiger partial charge in [-0.15, -0.1) is 0 Å². The molecular formula is C35H46LiNO3Si. The Kier molecular flexibility index (Phi) is 11.2. The van der Waals surface area contributed by atoms with Gasteiger partial charge >= 0.3 is 18.9 Å². The van der Waals surface area contributed by atoms with E-state index in [9.17, 15) is 5.11 Å². The van der Waals surface area contributed by atoms with Gasteiger partial charge in [0.1, 0.15) is 0 Å². The largest absolute Gasteiger partial charge is 1.00 e. The van der Waals surface area contributed by atoms with Crippen LogP contribution in [0.2, 0.25) is 5.04 Å². The summed E-state index contributed by atoms with van der Waals surface area (Å²) in [5, 5.41) is 18.1. The van der Waals surface area contributed by atoms with Gasteiger partial charge in [-0.3, -0.25) is 0 Å². The number of hydrogen-bond acceptors (Lipinski definition) is 4. The third kappa shape index (κ3) is 7.04. The zero-order valence-corrected chi connectivity index (χ0v) is 27.2. The van der Waals surface area contributed by atoms with Gasteiger partial charge in [0.05, 0.1) is 6.61 Å². The van der Waals surface area contributed by atoms with Crippen LogP contribution in [0.15, 0.2) is 78.9 Å². The van der Waals surface area contributed by atoms with Gasteiger partial charge in [0, 0.05) is 25.3 Å². The Balaban J connectivity index is 0.00000462. The minimum atomic E-state index is -2.72. The first-order chi connectivity index (χ1) is 19.0. The summed E-state index contributed by atoms with van der Waals surface area (Å²) in [7, 11) is -2.72. The molecule has 1 fully saturated rings. The molecule has 0 aliphatic carbocycles. The van der Waals surface area contributed by atoms with Gasteiger partial charge in [0.15, 0.2) is 0 Å². The Morgan fingerprint density at radius 3 is 1.98 bits per heavy atom. The van der Waals surface area contributed by atoms with Crippen molar-refractivity contribution >= 4 is 31.2 Å². The normalized spacial score (nSPS) is 15.7. The number of nitrogens with zero attached hydrogens (tertiary/aromatic N) is 1. The molecule has 4 nitrogen and oxygen atoms in total. The van der Waals surface area contributed by atoms with Gasteiger partial charge in [-0.2, -0.15) is 0 Å². The smallest absolute Gasteiger partial charge is 0.860 e. The molecule has 4 rings (SSSR count). The van der Waals surface area contributed by atoms with E-state index in [4.69, 9.17) is 9.16 Å². The Morgan fingerprint density at radius 1 is 0.927 bits per heavy atom. The number of hydrogen-bond donors (Lipinski definition) is 0. The van der Waals surface area contributed by atoms with Gasteiger partial charge in [0.25, 0.3) is 8.32 Å². The molecule has 41 heavy (non-hydrogen) atoms. The zero-order chi connectivity index (χ0) is 29.0. The molecule has 1 saturated heterocycles. The van der Waals surface area contributed by atoms with E-state index in [2.05, 4.69) is 107 Å². The molecule has 0 atom stereocenters. The molecule has 0 bridgehead atoms. The van der Waals surface area contributed by atoms with Crippen molar-refractivity contribution in [1.29, 1.82) is 0 Å². The van der Waals surface area contributed by atoms with Crippen LogP contribution in [0.4, 0.5) is 0 Å². The minimum absolute atomic E-state index is 0. The van der Waals surface area contributed by atoms with E-state index in [0.29, 0.717) is 24.3 Å². The van der Waals surface area contributed by atoms with Crippen molar-refractivity contribution < 1.29 is 33.1 Å². The van der Waals surface area contributed by atoms with E-state index in [1.807, 2.05) is 25.1 Å². The SMILES string of the molecule is C=c1ccc(C)c/c1=C(/[O-])N(CCO[Si](c1ccccc1)(c1ccccc1)C(C)(C)C)C(C)(C)C1CCOCC1.[Li+]. The van der Waals surface area contributed by atoms with Crippen molar-refractivity contribution in [3.63, 3.8) is 0 Å². The second-order valence-electron chi connectivity index (χ2n) is 12.7. The molecule has 0 spiro atoms. The third-order valence-electron chi connectivity index (χ3n) is 8.71. The fourth-order valence-electron chi connectivity index (χ4n) is 6.36. The standard InChI is InChI=1S/C35H47NO3Si.Li/c1-27-18-19-28(2)32(26-27)33(37)36(35(6,7)29-20-23-38-24-21-29)22-25-39-40(34(3,4)5,30-14-10-8-11-15-30)31-16-12-9-13-17-31;/h8-19,26,29,37H,2,20-25H2,1,3-7H3;/q;+1/p-1/b33-32-;. The maximum Gasteiger partial charge on any atom is 1.00 e. The third-order valence-corrected chi connectivity index (χ3v) is 13.7. The summed E-state index contributed by atoms with van der Waals surface area (Å²) in [5.74, 6) is 0.368. The Bertz CT molecular complexity index is 1330. The molecule has 214 valence electrons. The van der Waals surface area contributed by atoms with Gasteiger partial charge in [-0.05, 0) is 71.3 Å². The van der Waals surface area contributed by atoms with E-state index in [-0.39, 0.29) is 35.3 Å². The molecule has 0 aromatic heterocycles. The van der Waals surface area contributed by atoms with Crippen molar-refractivity contribution in [2.45, 2.75) is 65.0 Å². The van der Waals surface area contributed by atoms with Gasteiger partial charge in [0.2, 0.25) is 0 Å². The summed E-state index contributed by atoms with van der Waals surface area (Å²) in [6.45, 7) is 19.9. The molecule has 0 radical (unpaired) electrons. The molecule has 6 heteroatoms. The van der Waals surface area contributed by atoms with E-state index < -0.39 is 8.32 Å². The molecule has 0 saturated carbocycles. The fourth-order valence-corrected chi connectivity index (χ4v) is 10.9. The Hall–Kier alpha value is -2.27. The molecule has 1 aliphatic rings. The van der Waals surface area contributed by atoms with Crippen LogP contribution in [0.3, 0.4) is 0 Å². The first kappa shape index (κ1) is 33.2. The number of benzene rings is 3. The van der Waals surface area contributed by atoms with Crippen molar-refractivity contribution in [2.24, 2.45) is 5.92 Å². The Morgan fingerprint density at radius 2 is 1.46 bits per heavy atom. The second-order valence-corrected chi connectivity index (χ2v) is 17.0. The van der Waals surface area contributed by atoms with Crippen LogP contribution in [0.5, 0.6) is 0 Å². The van der Waals surface area contributed by atoms with E-state index in [0.717, 1.165) is 36.8 Å². The van der Waals surface area contributed by atoms with Gasteiger partial charge in [-0.25, -0.2) is 0 Å². The average molecular weight is 564 g/mol. The fraction of sp³-hybridized carbons (Fsp3) is 0.429. The quantitative estimate of drug-likeness (QED) is 0.364. The van der Waals surface area contributed by atoms with Crippen LogP contribution >= 0.6 is 0 Å². The van der Waals surface area contributed by atoms with Crippen LogP contribution in [-0.2, 0) is 9.16 Å². The molecular weight excluding hydrogens is 517 g/mol. The predicted octanol–water partition coefficient (Wildman–Crippen LogP) is 0.919. The van der Waals surface area contributed by atoms with E-state index in [1.54, 1.807) is 0 Å². The van der Waals surface area contributed by atoms with Crippen LogP contribution in [0.25, 0.3) is 12.5 Å². The number of rotatable bonds is 9. The topological polar surface area (TPSA) is 44.8 Å². The van der Waals surface area contributed by atoms with Crippen molar-refractivity contribution in [2.75, 3.05) is 26.4 Å². The molecule has 0 unspecified atom stereocenters. The monoisotopic (exact) mass is 563 g/mol. The van der Waals surface area contributed by atoms with Gasteiger partial charge in [-0.1, -0.05) is 112 Å². The first-order valence-corrected chi connectivity index (χ1v) is 16.5. The predicted molar refractivity (Wildman–Crippen MR) is 167 cm³/mol. The van der Waals surface area contributed by atoms with Crippen molar-refractivity contribution in [3.05, 3.63) is 94.9 Å². The maximum absolute atomic E-state index is 14.3. The molecule has 0 amide bonds. The summed E-state index contributed by atoms with van der Waals surface area (Å²) in [6.07, 6.45) is 1.88. The Labute approximate surface area is 260 Å². The van der Waals surface area contributed by atoms with E-state index >= 15 is 0 Å². The summed E-state index contributed by atoms with van der Waals surface area (Å²) in [6, 6.07) is 27.3. The van der Waals surface area contributed by atoms with Crippen LogP contribution < -0.4 is 44.8 Å². The number of aryl methyl sites for hydroxylation is 1. The van der Waals surface area contributed by atoms with Gasteiger partial charge < -0.3 is 19.2 Å². The van der Waals surface area contributed by atoms with E-state index in [1.165, 1.54) is 10.4 Å². The van der Waals surface area contributed by atoms with Crippen LogP contribution in [0, 0.1) is 12.8 Å². The van der Waals surface area contributed by atoms with Crippen molar-refractivity contribution in [3.8, 4) is 0 Å². The molecule has 1 aliphatic heterocycles. The molecule has 3 aromatic carbocycles. The van der Waals surface area contributed by atoms with Crippen molar-refractivity contribution in [1.82, 2.24) is 4.90 Å². The maximum atomic E-state index is 14.3. The van der Waals surface area contributed by atoms with Crippen LogP contribution in [-0.4, -0.2) is 45.1 Å². The van der Waals surface area contributed by atoms with Crippen LogP contribution in [0.1, 0.15) is 53.0 Å². The molecule has 3 aromatic rings. The molecule has 0 N–H and O–H groups in total. The summed E-state index contributed by atoms with van der Waals surface area (Å²) in [5.41, 5.74) is 0.689. The second kappa shape index (κ2) is 13.8. The average Bonchev–Trinajstić information content (AvgIpc) is 2.95. The summed E-state index contributed by atoms with van der Waals surface area (Å²) >= 11 is 0.